The van der Waals surface area contributed by atoms with E-state index in [9.17, 15) is 14.4 Å². The monoisotopic (exact) mass is 429 g/mol. The third-order valence-corrected chi connectivity index (χ3v) is 6.29. The van der Waals surface area contributed by atoms with Crippen LogP contribution in [0.2, 0.25) is 0 Å². The van der Waals surface area contributed by atoms with E-state index in [1.807, 2.05) is 41.8 Å². The van der Waals surface area contributed by atoms with Crippen LogP contribution < -0.4 is 5.32 Å². The van der Waals surface area contributed by atoms with Crippen LogP contribution in [-0.2, 0) is 9.59 Å². The molecular weight excluding hydrogens is 394 g/mol. The zero-order chi connectivity index (χ0) is 22.5. The fourth-order valence-electron chi connectivity index (χ4n) is 4.38. The maximum Gasteiger partial charge on any atom is 0.319 e. The number of piperidine rings is 1. The van der Waals surface area contributed by atoms with Crippen LogP contribution in [-0.4, -0.2) is 97.4 Å². The van der Waals surface area contributed by atoms with Crippen molar-refractivity contribution < 1.29 is 14.4 Å². The van der Waals surface area contributed by atoms with Crippen molar-refractivity contribution in [2.24, 2.45) is 5.92 Å². The van der Waals surface area contributed by atoms with Gasteiger partial charge in [-0.2, -0.15) is 0 Å². The molecule has 0 atom stereocenters. The molecule has 2 fully saturated rings. The van der Waals surface area contributed by atoms with Gasteiger partial charge in [0.15, 0.2) is 0 Å². The Balaban J connectivity index is 1.43. The van der Waals surface area contributed by atoms with Crippen LogP contribution in [0.25, 0.3) is 0 Å². The molecule has 0 unspecified atom stereocenters. The van der Waals surface area contributed by atoms with Crippen LogP contribution in [0.4, 0.5) is 10.5 Å². The molecule has 2 aliphatic heterocycles. The second kappa shape index (κ2) is 10.1. The van der Waals surface area contributed by atoms with Gasteiger partial charge in [0.05, 0.1) is 6.54 Å². The minimum atomic E-state index is -0.0184. The first-order valence-corrected chi connectivity index (χ1v) is 11.1. The number of likely N-dealkylation sites (tertiary alicyclic amines) is 1. The van der Waals surface area contributed by atoms with Gasteiger partial charge < -0.3 is 20.0 Å². The maximum absolute atomic E-state index is 12.9. The van der Waals surface area contributed by atoms with Crippen molar-refractivity contribution in [1.82, 2.24) is 19.6 Å². The van der Waals surface area contributed by atoms with Crippen LogP contribution in [0.5, 0.6) is 0 Å². The van der Waals surface area contributed by atoms with E-state index < -0.39 is 0 Å². The van der Waals surface area contributed by atoms with Gasteiger partial charge in [-0.25, -0.2) is 4.79 Å². The Hall–Kier alpha value is -2.61. The lowest BCUT2D eigenvalue weighted by Gasteiger charge is -2.38. The van der Waals surface area contributed by atoms with Crippen molar-refractivity contribution in [2.45, 2.75) is 26.7 Å². The topological polar surface area (TPSA) is 76.2 Å². The Morgan fingerprint density at radius 1 is 0.935 bits per heavy atom. The SMILES string of the molecule is Cc1cccc(C)c1NC(=O)CN1CCN(C(=O)C2CCN(C(=O)N(C)C)CC2)CC1. The molecule has 0 aromatic heterocycles. The van der Waals surface area contributed by atoms with E-state index in [4.69, 9.17) is 0 Å². The molecular formula is C23H35N5O3. The summed E-state index contributed by atoms with van der Waals surface area (Å²) in [7, 11) is 3.50. The van der Waals surface area contributed by atoms with Gasteiger partial charge in [0, 0.05) is 65.0 Å². The highest BCUT2D eigenvalue weighted by Gasteiger charge is 2.32. The molecule has 3 rings (SSSR count). The minimum absolute atomic E-state index is 0.00917. The molecule has 8 heteroatoms. The van der Waals surface area contributed by atoms with Crippen molar-refractivity contribution in [3.63, 3.8) is 0 Å². The van der Waals surface area contributed by atoms with E-state index in [2.05, 4.69) is 10.2 Å². The standard InChI is InChI=1S/C23H35N5O3/c1-17-6-5-7-18(2)21(17)24-20(29)16-26-12-14-27(15-13-26)22(30)19-8-10-28(11-9-19)23(31)25(3)4/h5-7,19H,8-16H2,1-4H3,(H,24,29). The summed E-state index contributed by atoms with van der Waals surface area (Å²) in [5.41, 5.74) is 3.00. The highest BCUT2D eigenvalue weighted by Crippen LogP contribution is 2.22. The Morgan fingerprint density at radius 3 is 2.06 bits per heavy atom. The van der Waals surface area contributed by atoms with E-state index in [0.29, 0.717) is 45.8 Å². The van der Waals surface area contributed by atoms with Gasteiger partial charge in [0.2, 0.25) is 11.8 Å². The third-order valence-electron chi connectivity index (χ3n) is 6.29. The smallest absolute Gasteiger partial charge is 0.319 e. The average Bonchev–Trinajstić information content (AvgIpc) is 2.76. The van der Waals surface area contributed by atoms with Crippen molar-refractivity contribution in [3.05, 3.63) is 29.3 Å². The van der Waals surface area contributed by atoms with E-state index in [1.54, 1.807) is 19.0 Å². The highest BCUT2D eigenvalue weighted by molar-refractivity contribution is 5.93. The number of benzene rings is 1. The lowest BCUT2D eigenvalue weighted by Crippen LogP contribution is -2.53. The van der Waals surface area contributed by atoms with E-state index in [0.717, 1.165) is 29.7 Å². The van der Waals surface area contributed by atoms with Gasteiger partial charge in [0.1, 0.15) is 0 Å². The van der Waals surface area contributed by atoms with Crippen molar-refractivity contribution >= 4 is 23.5 Å². The lowest BCUT2D eigenvalue weighted by atomic mass is 9.95. The zero-order valence-corrected chi connectivity index (χ0v) is 19.2. The number of urea groups is 1. The van der Waals surface area contributed by atoms with Crippen LogP contribution in [0.15, 0.2) is 18.2 Å². The number of anilines is 1. The normalized spacial score (nSPS) is 18.1. The van der Waals surface area contributed by atoms with Crippen molar-refractivity contribution in [1.29, 1.82) is 0 Å². The van der Waals surface area contributed by atoms with Gasteiger partial charge in [-0.15, -0.1) is 0 Å². The molecule has 8 nitrogen and oxygen atoms in total. The molecule has 0 bridgehead atoms. The molecule has 0 saturated carbocycles. The van der Waals surface area contributed by atoms with E-state index in [1.165, 1.54) is 0 Å². The summed E-state index contributed by atoms with van der Waals surface area (Å²) < 4.78 is 0. The first kappa shape index (κ1) is 23.1. The van der Waals surface area contributed by atoms with Crippen LogP contribution >= 0.6 is 0 Å². The fourth-order valence-corrected chi connectivity index (χ4v) is 4.38. The van der Waals surface area contributed by atoms with E-state index in [-0.39, 0.29) is 23.8 Å². The van der Waals surface area contributed by atoms with Gasteiger partial charge in [-0.3, -0.25) is 14.5 Å². The predicted molar refractivity (Wildman–Crippen MR) is 121 cm³/mol. The summed E-state index contributed by atoms with van der Waals surface area (Å²) in [6.45, 7) is 8.27. The number of nitrogens with one attached hydrogen (secondary N) is 1. The Kier molecular flexibility index (Phi) is 7.54. The lowest BCUT2D eigenvalue weighted by molar-refractivity contribution is -0.138. The van der Waals surface area contributed by atoms with Crippen LogP contribution in [0.1, 0.15) is 24.0 Å². The number of para-hydroxylation sites is 1. The first-order chi connectivity index (χ1) is 14.8. The summed E-state index contributed by atoms with van der Waals surface area (Å²) in [6, 6.07) is 5.99. The zero-order valence-electron chi connectivity index (χ0n) is 19.2. The molecule has 170 valence electrons. The number of carbonyl (C=O) groups is 3. The molecule has 2 saturated heterocycles. The molecule has 0 aliphatic carbocycles. The van der Waals surface area contributed by atoms with Gasteiger partial charge in [-0.1, -0.05) is 18.2 Å². The number of carbonyl (C=O) groups excluding carboxylic acids is 3. The third kappa shape index (κ3) is 5.76. The number of piperazine rings is 1. The summed E-state index contributed by atoms with van der Waals surface area (Å²) >= 11 is 0. The highest BCUT2D eigenvalue weighted by atomic mass is 16.2. The van der Waals surface area contributed by atoms with Crippen LogP contribution in [0, 0.1) is 19.8 Å². The predicted octanol–water partition coefficient (Wildman–Crippen LogP) is 1.78. The number of amides is 4. The molecule has 2 heterocycles. The van der Waals surface area contributed by atoms with Crippen molar-refractivity contribution in [2.75, 3.05) is 65.2 Å². The molecule has 31 heavy (non-hydrogen) atoms. The Labute approximate surface area is 185 Å². The largest absolute Gasteiger partial charge is 0.340 e. The quantitative estimate of drug-likeness (QED) is 0.792. The summed E-state index contributed by atoms with van der Waals surface area (Å²) in [4.78, 5) is 44.9. The molecule has 4 amide bonds. The number of hydrogen-bond acceptors (Lipinski definition) is 4. The van der Waals surface area contributed by atoms with Crippen LogP contribution in [0.3, 0.4) is 0 Å². The van der Waals surface area contributed by atoms with Gasteiger partial charge >= 0.3 is 6.03 Å². The number of aryl methyl sites for hydroxylation is 2. The summed E-state index contributed by atoms with van der Waals surface area (Å²) in [5.74, 6) is 0.164. The van der Waals surface area contributed by atoms with E-state index >= 15 is 0 Å². The second-order valence-corrected chi connectivity index (χ2v) is 8.85. The Bertz CT molecular complexity index is 789. The minimum Gasteiger partial charge on any atom is -0.340 e. The summed E-state index contributed by atoms with van der Waals surface area (Å²) in [6.07, 6.45) is 1.44. The number of nitrogens with zero attached hydrogens (tertiary/aromatic N) is 4. The number of hydrogen-bond donors (Lipinski definition) is 1. The average molecular weight is 430 g/mol. The first-order valence-electron chi connectivity index (χ1n) is 11.1. The Morgan fingerprint density at radius 2 is 1.52 bits per heavy atom. The molecule has 1 aromatic carbocycles. The van der Waals surface area contributed by atoms with Gasteiger partial charge in [0.25, 0.3) is 0 Å². The van der Waals surface area contributed by atoms with Crippen molar-refractivity contribution in [3.8, 4) is 0 Å². The molecule has 0 spiro atoms. The molecule has 2 aliphatic rings. The summed E-state index contributed by atoms with van der Waals surface area (Å²) in [5, 5.41) is 3.04. The van der Waals surface area contributed by atoms with Gasteiger partial charge in [-0.05, 0) is 37.8 Å². The molecule has 0 radical (unpaired) electrons. The fraction of sp³-hybridized carbons (Fsp3) is 0.609. The molecule has 1 N–H and O–H groups in total. The second-order valence-electron chi connectivity index (χ2n) is 8.85. The molecule has 1 aromatic rings. The number of rotatable bonds is 4. The maximum atomic E-state index is 12.9.